The molecular formula is C14H36O6Si2. The Balaban J connectivity index is 0. The zero-order valence-electron chi connectivity index (χ0n) is 16.0. The lowest BCUT2D eigenvalue weighted by Gasteiger charge is -2.25. The van der Waals surface area contributed by atoms with E-state index < -0.39 is 17.6 Å². The zero-order chi connectivity index (χ0) is 17.8. The molecule has 0 aliphatic carbocycles. The third-order valence-electron chi connectivity index (χ3n) is 3.18. The number of rotatable bonds is 10. The van der Waals surface area contributed by atoms with E-state index >= 15 is 0 Å². The normalized spacial score (nSPS) is 12.5. The lowest BCUT2D eigenvalue weighted by atomic mass is 10.3. The Morgan fingerprint density at radius 3 is 0.727 bits per heavy atom. The summed E-state index contributed by atoms with van der Waals surface area (Å²) < 4.78 is 31.4. The number of hydrogen-bond acceptors (Lipinski definition) is 6. The Hall–Kier alpha value is 0.194. The van der Waals surface area contributed by atoms with Crippen molar-refractivity contribution in [1.82, 2.24) is 0 Å². The highest BCUT2D eigenvalue weighted by molar-refractivity contribution is 6.60. The first-order valence-corrected chi connectivity index (χ1v) is 11.4. The summed E-state index contributed by atoms with van der Waals surface area (Å²) in [5.41, 5.74) is 0. The Morgan fingerprint density at radius 1 is 0.500 bits per heavy atom. The number of hydrogen-bond donors (Lipinski definition) is 0. The summed E-state index contributed by atoms with van der Waals surface area (Å²) in [7, 11) is 5.28. The molecule has 0 aromatic rings. The average Bonchev–Trinajstić information content (AvgIpc) is 2.50. The van der Waals surface area contributed by atoms with Gasteiger partial charge >= 0.3 is 17.6 Å². The molecule has 0 saturated carbocycles. The van der Waals surface area contributed by atoms with Crippen LogP contribution in [0.2, 0.25) is 12.1 Å². The van der Waals surface area contributed by atoms with Crippen molar-refractivity contribution < 1.29 is 26.6 Å². The maximum absolute atomic E-state index is 5.24. The van der Waals surface area contributed by atoms with E-state index in [2.05, 4.69) is 27.7 Å². The van der Waals surface area contributed by atoms with Gasteiger partial charge in [0.15, 0.2) is 0 Å². The standard InChI is InChI=1S/2C7H18O3Si/c2*1-7(2)6-11(8-3,9-4)10-5/h2*7H,6H2,1-5H3. The summed E-state index contributed by atoms with van der Waals surface area (Å²) in [5, 5.41) is 0. The van der Waals surface area contributed by atoms with Crippen LogP contribution in [-0.4, -0.2) is 60.3 Å². The van der Waals surface area contributed by atoms with Gasteiger partial charge in [0, 0.05) is 54.7 Å². The highest BCUT2D eigenvalue weighted by Gasteiger charge is 2.38. The minimum absolute atomic E-state index is 0.543. The predicted octanol–water partition coefficient (Wildman–Crippen LogP) is 3.04. The molecule has 0 aliphatic rings. The Kier molecular flexibility index (Phi) is 14.0. The molecule has 0 rings (SSSR count). The van der Waals surface area contributed by atoms with E-state index in [-0.39, 0.29) is 0 Å². The quantitative estimate of drug-likeness (QED) is 0.561. The van der Waals surface area contributed by atoms with Crippen LogP contribution >= 0.6 is 0 Å². The van der Waals surface area contributed by atoms with E-state index in [1.807, 2.05) is 0 Å². The topological polar surface area (TPSA) is 55.4 Å². The molecule has 0 aromatic heterocycles. The van der Waals surface area contributed by atoms with Crippen LogP contribution in [0.3, 0.4) is 0 Å². The fraction of sp³-hybridized carbons (Fsp3) is 1.00. The molecule has 0 spiro atoms. The smallest absolute Gasteiger partial charge is 0.377 e. The monoisotopic (exact) mass is 356 g/mol. The van der Waals surface area contributed by atoms with Crippen LogP contribution in [0, 0.1) is 11.8 Å². The highest BCUT2D eigenvalue weighted by Crippen LogP contribution is 2.18. The summed E-state index contributed by atoms with van der Waals surface area (Å²) in [6.45, 7) is 8.50. The van der Waals surface area contributed by atoms with Gasteiger partial charge in [0.05, 0.1) is 0 Å². The molecule has 0 heterocycles. The second-order valence-corrected chi connectivity index (χ2v) is 11.8. The van der Waals surface area contributed by atoms with Gasteiger partial charge in [0.2, 0.25) is 0 Å². The summed E-state index contributed by atoms with van der Waals surface area (Å²) in [5.74, 6) is 1.09. The molecular weight excluding hydrogens is 320 g/mol. The molecule has 8 heteroatoms. The van der Waals surface area contributed by atoms with Crippen molar-refractivity contribution in [2.45, 2.75) is 39.8 Å². The van der Waals surface area contributed by atoms with Crippen molar-refractivity contribution >= 4 is 17.6 Å². The third-order valence-corrected chi connectivity index (χ3v) is 9.55. The summed E-state index contributed by atoms with van der Waals surface area (Å²) in [6.07, 6.45) is 0. The lowest BCUT2D eigenvalue weighted by molar-refractivity contribution is 0.119. The summed E-state index contributed by atoms with van der Waals surface area (Å²) in [4.78, 5) is 0. The predicted molar refractivity (Wildman–Crippen MR) is 92.9 cm³/mol. The van der Waals surface area contributed by atoms with Gasteiger partial charge in [-0.3, -0.25) is 0 Å². The van der Waals surface area contributed by atoms with E-state index in [1.165, 1.54) is 0 Å². The van der Waals surface area contributed by atoms with E-state index in [4.69, 9.17) is 26.6 Å². The van der Waals surface area contributed by atoms with Crippen molar-refractivity contribution in [2.75, 3.05) is 42.7 Å². The van der Waals surface area contributed by atoms with Crippen molar-refractivity contribution in [2.24, 2.45) is 11.8 Å². The fourth-order valence-electron chi connectivity index (χ4n) is 2.00. The van der Waals surface area contributed by atoms with Crippen molar-refractivity contribution in [3.8, 4) is 0 Å². The average molecular weight is 357 g/mol. The van der Waals surface area contributed by atoms with Crippen molar-refractivity contribution in [1.29, 1.82) is 0 Å². The van der Waals surface area contributed by atoms with Crippen LogP contribution in [0.4, 0.5) is 0 Å². The van der Waals surface area contributed by atoms with Crippen LogP contribution < -0.4 is 0 Å². The van der Waals surface area contributed by atoms with Gasteiger partial charge in [-0.1, -0.05) is 27.7 Å². The van der Waals surface area contributed by atoms with Crippen LogP contribution in [0.5, 0.6) is 0 Å². The largest absolute Gasteiger partial charge is 0.500 e. The minimum Gasteiger partial charge on any atom is -0.377 e. The molecule has 6 nitrogen and oxygen atoms in total. The molecule has 0 amide bonds. The van der Waals surface area contributed by atoms with E-state index in [0.717, 1.165) is 12.1 Å². The lowest BCUT2D eigenvalue weighted by Crippen LogP contribution is -2.43. The molecule has 0 bridgehead atoms. The van der Waals surface area contributed by atoms with Gasteiger partial charge in [-0.05, 0) is 11.8 Å². The first-order valence-electron chi connectivity index (χ1n) is 7.51. The second kappa shape index (κ2) is 12.6. The van der Waals surface area contributed by atoms with Crippen LogP contribution in [0.15, 0.2) is 0 Å². The molecule has 0 N–H and O–H groups in total. The molecule has 0 aromatic carbocycles. The molecule has 0 aliphatic heterocycles. The second-order valence-electron chi connectivity index (χ2n) is 5.79. The fourth-order valence-corrected chi connectivity index (χ4v) is 6.00. The molecule has 136 valence electrons. The molecule has 0 fully saturated rings. The van der Waals surface area contributed by atoms with Gasteiger partial charge in [0.25, 0.3) is 0 Å². The Bertz CT molecular complexity index is 213. The highest BCUT2D eigenvalue weighted by atomic mass is 28.4. The van der Waals surface area contributed by atoms with E-state index in [0.29, 0.717) is 11.8 Å². The van der Waals surface area contributed by atoms with Crippen LogP contribution in [-0.2, 0) is 26.6 Å². The van der Waals surface area contributed by atoms with Crippen LogP contribution in [0.1, 0.15) is 27.7 Å². The SMILES string of the molecule is CO[Si](CC(C)C)(OC)OC.CO[Si](CC(C)C)(OC)OC. The first-order chi connectivity index (χ1) is 10.2. The summed E-state index contributed by atoms with van der Waals surface area (Å²) in [6, 6.07) is 1.74. The third kappa shape index (κ3) is 9.36. The van der Waals surface area contributed by atoms with E-state index in [1.54, 1.807) is 42.7 Å². The molecule has 0 saturated heterocycles. The Morgan fingerprint density at radius 2 is 0.682 bits per heavy atom. The van der Waals surface area contributed by atoms with Crippen molar-refractivity contribution in [3.05, 3.63) is 0 Å². The van der Waals surface area contributed by atoms with Crippen LogP contribution in [0.25, 0.3) is 0 Å². The van der Waals surface area contributed by atoms with E-state index in [9.17, 15) is 0 Å². The maximum Gasteiger partial charge on any atom is 0.500 e. The Labute approximate surface area is 139 Å². The molecule has 0 radical (unpaired) electrons. The van der Waals surface area contributed by atoms with Gasteiger partial charge < -0.3 is 26.6 Å². The van der Waals surface area contributed by atoms with Gasteiger partial charge in [-0.25, -0.2) is 0 Å². The first kappa shape index (κ1) is 24.4. The van der Waals surface area contributed by atoms with Crippen molar-refractivity contribution in [3.63, 3.8) is 0 Å². The molecule has 22 heavy (non-hydrogen) atoms. The zero-order valence-corrected chi connectivity index (χ0v) is 18.0. The summed E-state index contributed by atoms with van der Waals surface area (Å²) >= 11 is 0. The molecule has 0 atom stereocenters. The minimum atomic E-state index is -2.28. The maximum atomic E-state index is 5.24. The van der Waals surface area contributed by atoms with Gasteiger partial charge in [-0.15, -0.1) is 0 Å². The van der Waals surface area contributed by atoms with Gasteiger partial charge in [0.1, 0.15) is 0 Å². The molecule has 0 unspecified atom stereocenters. The van der Waals surface area contributed by atoms with Gasteiger partial charge in [-0.2, -0.15) is 0 Å².